The Morgan fingerprint density at radius 2 is 1.92 bits per heavy atom. The molecule has 1 atom stereocenters. The quantitative estimate of drug-likeness (QED) is 0.432. The van der Waals surface area contributed by atoms with Crippen LogP contribution < -0.4 is 10.1 Å². The zero-order valence-electron chi connectivity index (χ0n) is 19.6. The summed E-state index contributed by atoms with van der Waals surface area (Å²) in [4.78, 5) is 35.2. The van der Waals surface area contributed by atoms with E-state index in [4.69, 9.17) is 21.4 Å². The molecule has 0 bridgehead atoms. The SMILES string of the molecule is CCN1C(=O)NC(=Nc2ccc(Oc3cc(C(=O)O)ccn3)c(C)c2)N(Cc2ccc(Cl)cc2)C1O. The van der Waals surface area contributed by atoms with Crippen LogP contribution in [0.1, 0.15) is 28.4 Å². The summed E-state index contributed by atoms with van der Waals surface area (Å²) in [6.07, 6.45) is 0.148. The van der Waals surface area contributed by atoms with Crippen molar-refractivity contribution >= 4 is 35.2 Å². The highest BCUT2D eigenvalue weighted by molar-refractivity contribution is 6.30. The number of benzene rings is 2. The summed E-state index contributed by atoms with van der Waals surface area (Å²) < 4.78 is 5.76. The topological polar surface area (TPSA) is 128 Å². The molecule has 0 radical (unpaired) electrons. The van der Waals surface area contributed by atoms with Crippen molar-refractivity contribution in [1.82, 2.24) is 20.1 Å². The number of nitrogens with zero attached hydrogens (tertiary/aromatic N) is 4. The number of amides is 2. The molecule has 0 saturated carbocycles. The maximum atomic E-state index is 12.5. The molecule has 11 heteroatoms. The lowest BCUT2D eigenvalue weighted by Gasteiger charge is -2.41. The van der Waals surface area contributed by atoms with Crippen LogP contribution in [0.15, 0.2) is 65.8 Å². The Kier molecular flexibility index (Phi) is 7.37. The predicted molar refractivity (Wildman–Crippen MR) is 133 cm³/mol. The van der Waals surface area contributed by atoms with Crippen molar-refractivity contribution in [3.8, 4) is 11.6 Å². The van der Waals surface area contributed by atoms with Gasteiger partial charge in [0.1, 0.15) is 5.75 Å². The second-order valence-electron chi connectivity index (χ2n) is 7.99. The number of carboxylic acid groups (broad SMARTS) is 1. The number of guanidine groups is 1. The molecule has 3 N–H and O–H groups in total. The first-order valence-corrected chi connectivity index (χ1v) is 11.5. The van der Waals surface area contributed by atoms with Crippen molar-refractivity contribution in [2.24, 2.45) is 4.99 Å². The summed E-state index contributed by atoms with van der Waals surface area (Å²) in [5, 5.41) is 23.4. The van der Waals surface area contributed by atoms with Crippen LogP contribution in [0.25, 0.3) is 0 Å². The van der Waals surface area contributed by atoms with Crippen LogP contribution in [0.5, 0.6) is 11.6 Å². The first-order chi connectivity index (χ1) is 17.2. The second-order valence-corrected chi connectivity index (χ2v) is 8.43. The van der Waals surface area contributed by atoms with Gasteiger partial charge in [-0.05, 0) is 61.4 Å². The number of halogens is 1. The molecule has 10 nitrogen and oxygen atoms in total. The molecule has 1 fully saturated rings. The molecule has 0 aliphatic carbocycles. The number of aliphatic hydroxyl groups is 1. The summed E-state index contributed by atoms with van der Waals surface area (Å²) in [6.45, 7) is 4.16. The number of hydrogen-bond acceptors (Lipinski definition) is 6. The van der Waals surface area contributed by atoms with E-state index in [0.29, 0.717) is 28.6 Å². The molecule has 1 unspecified atom stereocenters. The second kappa shape index (κ2) is 10.6. The maximum absolute atomic E-state index is 12.5. The number of carbonyl (C=O) groups is 2. The summed E-state index contributed by atoms with van der Waals surface area (Å²) in [7, 11) is 0. The van der Waals surface area contributed by atoms with Gasteiger partial charge in [-0.2, -0.15) is 0 Å². The minimum absolute atomic E-state index is 0.0640. The monoisotopic (exact) mass is 509 g/mol. The van der Waals surface area contributed by atoms with E-state index in [1.165, 1.54) is 23.2 Å². The molecular weight excluding hydrogens is 486 g/mol. The molecule has 0 spiro atoms. The van der Waals surface area contributed by atoms with Crippen LogP contribution >= 0.6 is 11.6 Å². The van der Waals surface area contributed by atoms with Crippen molar-refractivity contribution in [3.63, 3.8) is 0 Å². The van der Waals surface area contributed by atoms with Gasteiger partial charge in [-0.1, -0.05) is 23.7 Å². The largest absolute Gasteiger partial charge is 0.478 e. The van der Waals surface area contributed by atoms with E-state index in [1.54, 1.807) is 49.1 Å². The minimum atomic E-state index is -1.21. The lowest BCUT2D eigenvalue weighted by Crippen LogP contribution is -2.65. The maximum Gasteiger partial charge on any atom is 0.335 e. The number of pyridine rings is 1. The first-order valence-electron chi connectivity index (χ1n) is 11.1. The number of nitrogens with one attached hydrogen (secondary N) is 1. The standard InChI is InChI=1S/C25H24ClN5O5/c1-3-30-24(34)29-23(31(25(30)35)14-16-4-6-18(26)7-5-16)28-19-8-9-20(15(2)12-19)36-21-13-17(22(32)33)10-11-27-21/h4-13,25,35H,3,14H2,1-2H3,(H,32,33)(H,28,29,34). The minimum Gasteiger partial charge on any atom is -0.478 e. The average molecular weight is 510 g/mol. The van der Waals surface area contributed by atoms with Crippen LogP contribution in [-0.2, 0) is 6.54 Å². The van der Waals surface area contributed by atoms with Gasteiger partial charge in [0.05, 0.1) is 17.8 Å². The zero-order valence-corrected chi connectivity index (χ0v) is 20.3. The van der Waals surface area contributed by atoms with E-state index in [-0.39, 0.29) is 23.9 Å². The van der Waals surface area contributed by atoms with Gasteiger partial charge in [-0.3, -0.25) is 15.1 Å². The highest BCUT2D eigenvalue weighted by atomic mass is 35.5. The lowest BCUT2D eigenvalue weighted by molar-refractivity contribution is -0.0670. The van der Waals surface area contributed by atoms with E-state index in [0.717, 1.165) is 5.56 Å². The molecule has 36 heavy (non-hydrogen) atoms. The number of rotatable bonds is 7. The normalized spacial score (nSPS) is 16.7. The number of aliphatic imine (C=N–C) groups is 1. The number of carboxylic acids is 1. The fraction of sp³-hybridized carbons (Fsp3) is 0.200. The van der Waals surface area contributed by atoms with Crippen molar-refractivity contribution in [3.05, 3.63) is 82.5 Å². The fourth-order valence-electron chi connectivity index (χ4n) is 3.61. The smallest absolute Gasteiger partial charge is 0.335 e. The van der Waals surface area contributed by atoms with Crippen molar-refractivity contribution in [1.29, 1.82) is 0 Å². The van der Waals surface area contributed by atoms with Crippen LogP contribution in [-0.4, -0.2) is 55.9 Å². The van der Waals surface area contributed by atoms with Crippen LogP contribution in [0.2, 0.25) is 5.02 Å². The molecule has 4 rings (SSSR count). The number of aryl methyl sites for hydroxylation is 1. The van der Waals surface area contributed by atoms with Gasteiger partial charge in [0.25, 0.3) is 0 Å². The third-order valence-corrected chi connectivity index (χ3v) is 5.76. The summed E-state index contributed by atoms with van der Waals surface area (Å²) in [6, 6.07) is 14.5. The van der Waals surface area contributed by atoms with Gasteiger partial charge in [0.2, 0.25) is 18.2 Å². The van der Waals surface area contributed by atoms with Gasteiger partial charge in [-0.25, -0.2) is 19.6 Å². The lowest BCUT2D eigenvalue weighted by atomic mass is 10.2. The summed E-state index contributed by atoms with van der Waals surface area (Å²) >= 11 is 5.99. The van der Waals surface area contributed by atoms with Crippen LogP contribution in [0.3, 0.4) is 0 Å². The van der Waals surface area contributed by atoms with Crippen molar-refractivity contribution in [2.45, 2.75) is 26.7 Å². The number of aliphatic hydroxyl groups excluding tert-OH is 1. The third kappa shape index (κ3) is 5.56. The molecule has 1 aliphatic heterocycles. The van der Waals surface area contributed by atoms with Gasteiger partial charge in [0, 0.05) is 23.8 Å². The zero-order chi connectivity index (χ0) is 25.8. The van der Waals surface area contributed by atoms with Gasteiger partial charge in [-0.15, -0.1) is 0 Å². The molecule has 1 aliphatic rings. The molecule has 186 valence electrons. The Hall–Kier alpha value is -4.15. The number of hydrogen-bond donors (Lipinski definition) is 3. The molecule has 2 heterocycles. The van der Waals surface area contributed by atoms with Crippen molar-refractivity contribution < 1.29 is 24.5 Å². The number of aromatic carboxylic acids is 1. The Morgan fingerprint density at radius 3 is 2.58 bits per heavy atom. The van der Waals surface area contributed by atoms with E-state index in [2.05, 4.69) is 15.3 Å². The number of ether oxygens (including phenoxy) is 1. The predicted octanol–water partition coefficient (Wildman–Crippen LogP) is 4.34. The number of aromatic nitrogens is 1. The summed E-state index contributed by atoms with van der Waals surface area (Å²) in [5.74, 6) is -0.270. The van der Waals surface area contributed by atoms with Crippen LogP contribution in [0, 0.1) is 6.92 Å². The average Bonchev–Trinajstić information content (AvgIpc) is 2.85. The van der Waals surface area contributed by atoms with Crippen molar-refractivity contribution in [2.75, 3.05) is 6.54 Å². The Balaban J connectivity index is 1.61. The molecule has 2 aromatic carbocycles. The Labute approximate surface area is 212 Å². The van der Waals surface area contributed by atoms with Gasteiger partial charge < -0.3 is 14.9 Å². The molecule has 3 aromatic rings. The molecular formula is C25H24ClN5O5. The van der Waals surface area contributed by atoms with E-state index >= 15 is 0 Å². The number of carbonyl (C=O) groups excluding carboxylic acids is 1. The number of urea groups is 1. The van der Waals surface area contributed by atoms with E-state index in [9.17, 15) is 14.7 Å². The van der Waals surface area contributed by atoms with Gasteiger partial charge >= 0.3 is 12.0 Å². The summed E-state index contributed by atoms with van der Waals surface area (Å²) in [5.41, 5.74) is 2.16. The van der Waals surface area contributed by atoms with Crippen LogP contribution in [0.4, 0.5) is 10.5 Å². The molecule has 2 amide bonds. The Morgan fingerprint density at radius 1 is 1.17 bits per heavy atom. The van der Waals surface area contributed by atoms with Gasteiger partial charge in [0.15, 0.2) is 0 Å². The third-order valence-electron chi connectivity index (χ3n) is 5.51. The van der Waals surface area contributed by atoms with E-state index < -0.39 is 18.4 Å². The highest BCUT2D eigenvalue weighted by Crippen LogP contribution is 2.28. The molecule has 1 saturated heterocycles. The highest BCUT2D eigenvalue weighted by Gasteiger charge is 2.35. The molecule has 1 aromatic heterocycles. The first kappa shape index (κ1) is 25.0. The fourth-order valence-corrected chi connectivity index (χ4v) is 3.74. The van der Waals surface area contributed by atoms with E-state index in [1.807, 2.05) is 12.1 Å². The Bertz CT molecular complexity index is 1310.